The van der Waals surface area contributed by atoms with Gasteiger partial charge in [-0.2, -0.15) is 13.2 Å². The zero-order valence-electron chi connectivity index (χ0n) is 15.4. The summed E-state index contributed by atoms with van der Waals surface area (Å²) in [4.78, 5) is 12.5. The first-order chi connectivity index (χ1) is 12.7. The molecule has 0 heterocycles. The lowest BCUT2D eigenvalue weighted by atomic mass is 10.0. The van der Waals surface area contributed by atoms with Gasteiger partial charge in [0.05, 0.1) is 17.9 Å². The number of rotatable bonds is 7. The van der Waals surface area contributed by atoms with Crippen molar-refractivity contribution in [2.45, 2.75) is 25.9 Å². The molecular weight excluding hydrogens is 359 g/mol. The number of carbonyl (C=O) groups excluding carboxylic acids is 1. The highest BCUT2D eigenvalue weighted by molar-refractivity contribution is 6.05. The largest absolute Gasteiger partial charge is 0.489 e. The van der Waals surface area contributed by atoms with Gasteiger partial charge in [0, 0.05) is 12.7 Å². The second-order valence-corrected chi connectivity index (χ2v) is 6.28. The molecule has 146 valence electrons. The van der Waals surface area contributed by atoms with Crippen LogP contribution in [0.15, 0.2) is 42.5 Å². The van der Waals surface area contributed by atoms with E-state index in [9.17, 15) is 18.0 Å². The van der Waals surface area contributed by atoms with Gasteiger partial charge in [0.15, 0.2) is 0 Å². The molecule has 0 saturated carbocycles. The molecule has 0 fully saturated rings. The van der Waals surface area contributed by atoms with Crippen LogP contribution in [0.1, 0.15) is 41.3 Å². The van der Waals surface area contributed by atoms with Crippen molar-refractivity contribution in [3.63, 3.8) is 0 Å². The van der Waals surface area contributed by atoms with E-state index in [1.165, 1.54) is 13.2 Å². The van der Waals surface area contributed by atoms with E-state index in [-0.39, 0.29) is 24.7 Å². The molecule has 0 aliphatic rings. The molecule has 0 radical (unpaired) electrons. The van der Waals surface area contributed by atoms with Crippen LogP contribution in [0.4, 0.5) is 18.9 Å². The highest BCUT2D eigenvalue weighted by Crippen LogP contribution is 2.35. The van der Waals surface area contributed by atoms with Crippen LogP contribution in [0.5, 0.6) is 5.75 Å². The van der Waals surface area contributed by atoms with Gasteiger partial charge in [-0.3, -0.25) is 4.79 Å². The van der Waals surface area contributed by atoms with E-state index < -0.39 is 17.6 Å². The molecule has 2 rings (SSSR count). The van der Waals surface area contributed by atoms with Crippen molar-refractivity contribution >= 4 is 11.6 Å². The molecule has 0 aliphatic heterocycles. The Morgan fingerprint density at radius 1 is 1.07 bits per heavy atom. The summed E-state index contributed by atoms with van der Waals surface area (Å²) in [7, 11) is 1.49. The number of ether oxygens (including phenoxy) is 2. The molecule has 7 heteroatoms. The van der Waals surface area contributed by atoms with E-state index in [0.717, 1.165) is 17.7 Å². The number of amides is 1. The maximum absolute atomic E-state index is 13.0. The van der Waals surface area contributed by atoms with Crippen molar-refractivity contribution in [3.05, 3.63) is 59.2 Å². The minimum Gasteiger partial charge on any atom is -0.489 e. The van der Waals surface area contributed by atoms with Gasteiger partial charge in [0.1, 0.15) is 12.4 Å². The van der Waals surface area contributed by atoms with E-state index >= 15 is 0 Å². The van der Waals surface area contributed by atoms with Gasteiger partial charge in [-0.05, 0) is 41.8 Å². The summed E-state index contributed by atoms with van der Waals surface area (Å²) in [6.07, 6.45) is -4.52. The van der Waals surface area contributed by atoms with Crippen LogP contribution in [0, 0.1) is 0 Å². The van der Waals surface area contributed by atoms with E-state index in [1.54, 1.807) is 12.1 Å². The molecular formula is C20H22F3NO3. The van der Waals surface area contributed by atoms with E-state index in [4.69, 9.17) is 9.47 Å². The third kappa shape index (κ3) is 5.72. The first-order valence-corrected chi connectivity index (χ1v) is 8.46. The SMILES string of the molecule is COCCOc1ccc(C(F)(F)F)cc1NC(=O)c1ccc(C(C)C)cc1. The number of alkyl halides is 3. The maximum atomic E-state index is 13.0. The number of hydrogen-bond acceptors (Lipinski definition) is 3. The number of carbonyl (C=O) groups is 1. The summed E-state index contributed by atoms with van der Waals surface area (Å²) in [5.74, 6) is -0.0558. The van der Waals surface area contributed by atoms with E-state index in [1.807, 2.05) is 26.0 Å². The molecule has 0 unspecified atom stereocenters. The Labute approximate surface area is 156 Å². The topological polar surface area (TPSA) is 47.6 Å². The Kier molecular flexibility index (Phi) is 6.85. The van der Waals surface area contributed by atoms with Gasteiger partial charge in [0.2, 0.25) is 0 Å². The molecule has 2 aromatic rings. The molecule has 27 heavy (non-hydrogen) atoms. The number of halogens is 3. The number of benzene rings is 2. The molecule has 1 N–H and O–H groups in total. The predicted octanol–water partition coefficient (Wildman–Crippen LogP) is 5.11. The third-order valence-electron chi connectivity index (χ3n) is 3.94. The number of nitrogens with one attached hydrogen (secondary N) is 1. The second-order valence-electron chi connectivity index (χ2n) is 6.28. The first kappa shape index (κ1) is 20.8. The molecule has 1 amide bonds. The smallest absolute Gasteiger partial charge is 0.416 e. The number of methoxy groups -OCH3 is 1. The highest BCUT2D eigenvalue weighted by Gasteiger charge is 2.31. The molecule has 0 aromatic heterocycles. The van der Waals surface area contributed by atoms with Crippen LogP contribution in [-0.4, -0.2) is 26.2 Å². The van der Waals surface area contributed by atoms with Gasteiger partial charge in [-0.1, -0.05) is 26.0 Å². The number of hydrogen-bond donors (Lipinski definition) is 1. The van der Waals surface area contributed by atoms with Gasteiger partial charge in [-0.15, -0.1) is 0 Å². The Bertz CT molecular complexity index is 771. The lowest BCUT2D eigenvalue weighted by molar-refractivity contribution is -0.137. The third-order valence-corrected chi connectivity index (χ3v) is 3.94. The standard InChI is InChI=1S/C20H22F3NO3/c1-13(2)14-4-6-15(7-5-14)19(25)24-17-12-16(20(21,22)23)8-9-18(17)27-11-10-26-3/h4-9,12-13H,10-11H2,1-3H3,(H,24,25). The average Bonchev–Trinajstić information content (AvgIpc) is 2.62. The van der Waals surface area contributed by atoms with Crippen molar-refractivity contribution in [2.24, 2.45) is 0 Å². The minimum absolute atomic E-state index is 0.0427. The molecule has 0 aliphatic carbocycles. The van der Waals surface area contributed by atoms with Crippen LogP contribution in [-0.2, 0) is 10.9 Å². The summed E-state index contributed by atoms with van der Waals surface area (Å²) in [6, 6.07) is 9.89. The van der Waals surface area contributed by atoms with Crippen LogP contribution in [0.25, 0.3) is 0 Å². The van der Waals surface area contributed by atoms with Crippen molar-refractivity contribution in [2.75, 3.05) is 25.6 Å². The summed E-state index contributed by atoms with van der Waals surface area (Å²) in [5.41, 5.74) is 0.500. The van der Waals surface area contributed by atoms with Crippen LogP contribution >= 0.6 is 0 Å². The molecule has 0 bridgehead atoms. The Hall–Kier alpha value is -2.54. The Morgan fingerprint density at radius 3 is 2.30 bits per heavy atom. The summed E-state index contributed by atoms with van der Waals surface area (Å²) in [5, 5.41) is 2.51. The minimum atomic E-state index is -4.52. The fourth-order valence-electron chi connectivity index (χ4n) is 2.38. The quantitative estimate of drug-likeness (QED) is 0.679. The molecule has 0 atom stereocenters. The van der Waals surface area contributed by atoms with Crippen molar-refractivity contribution in [3.8, 4) is 5.75 Å². The van der Waals surface area contributed by atoms with Crippen LogP contribution in [0.3, 0.4) is 0 Å². The number of anilines is 1. The fraction of sp³-hybridized carbons (Fsp3) is 0.350. The fourth-order valence-corrected chi connectivity index (χ4v) is 2.38. The summed E-state index contributed by atoms with van der Waals surface area (Å²) >= 11 is 0. The van der Waals surface area contributed by atoms with Crippen molar-refractivity contribution in [1.82, 2.24) is 0 Å². The van der Waals surface area contributed by atoms with Crippen molar-refractivity contribution in [1.29, 1.82) is 0 Å². The molecule has 2 aromatic carbocycles. The summed E-state index contributed by atoms with van der Waals surface area (Å²) in [6.45, 7) is 4.47. The maximum Gasteiger partial charge on any atom is 0.416 e. The van der Waals surface area contributed by atoms with Crippen molar-refractivity contribution < 1.29 is 27.4 Å². The van der Waals surface area contributed by atoms with Gasteiger partial charge in [-0.25, -0.2) is 0 Å². The predicted molar refractivity (Wildman–Crippen MR) is 97.3 cm³/mol. The van der Waals surface area contributed by atoms with Crippen LogP contribution in [0.2, 0.25) is 0 Å². The molecule has 4 nitrogen and oxygen atoms in total. The second kappa shape index (κ2) is 8.90. The van der Waals surface area contributed by atoms with E-state index in [2.05, 4.69) is 5.32 Å². The monoisotopic (exact) mass is 381 g/mol. The first-order valence-electron chi connectivity index (χ1n) is 8.46. The highest BCUT2D eigenvalue weighted by atomic mass is 19.4. The zero-order valence-corrected chi connectivity index (χ0v) is 15.4. The Morgan fingerprint density at radius 2 is 1.74 bits per heavy atom. The van der Waals surface area contributed by atoms with Gasteiger partial charge in [0.25, 0.3) is 5.91 Å². The zero-order chi connectivity index (χ0) is 20.0. The van der Waals surface area contributed by atoms with Gasteiger partial charge >= 0.3 is 6.18 Å². The average molecular weight is 381 g/mol. The molecule has 0 saturated heterocycles. The van der Waals surface area contributed by atoms with E-state index in [0.29, 0.717) is 11.5 Å². The van der Waals surface area contributed by atoms with Gasteiger partial charge < -0.3 is 14.8 Å². The lowest BCUT2D eigenvalue weighted by Crippen LogP contribution is -2.15. The Balaban J connectivity index is 2.26. The lowest BCUT2D eigenvalue weighted by Gasteiger charge is -2.15. The van der Waals surface area contributed by atoms with Crippen LogP contribution < -0.4 is 10.1 Å². The summed E-state index contributed by atoms with van der Waals surface area (Å²) < 4.78 is 49.3. The molecule has 0 spiro atoms. The normalized spacial score (nSPS) is 11.5.